The van der Waals surface area contributed by atoms with E-state index in [1.54, 1.807) is 4.68 Å². The van der Waals surface area contributed by atoms with Crippen LogP contribution < -0.4 is 5.32 Å². The Labute approximate surface area is 130 Å². The van der Waals surface area contributed by atoms with Gasteiger partial charge in [0.15, 0.2) is 5.82 Å². The second kappa shape index (κ2) is 6.39. The van der Waals surface area contributed by atoms with E-state index in [4.69, 9.17) is 0 Å². The van der Waals surface area contributed by atoms with Crippen LogP contribution in [-0.2, 0) is 6.54 Å². The zero-order chi connectivity index (χ0) is 15.4. The van der Waals surface area contributed by atoms with Crippen molar-refractivity contribution in [3.63, 3.8) is 0 Å². The molecule has 0 spiro atoms. The van der Waals surface area contributed by atoms with Crippen LogP contribution in [-0.4, -0.2) is 20.2 Å². The van der Waals surface area contributed by atoms with Gasteiger partial charge in [0.1, 0.15) is 0 Å². The molecular weight excluding hydrogens is 274 g/mol. The molecule has 1 aromatic heterocycles. The molecule has 112 valence electrons. The summed E-state index contributed by atoms with van der Waals surface area (Å²) in [4.78, 5) is 0. The van der Waals surface area contributed by atoms with Crippen molar-refractivity contribution in [2.75, 3.05) is 5.32 Å². The minimum atomic E-state index is 0.466. The van der Waals surface area contributed by atoms with Crippen LogP contribution in [0.15, 0.2) is 54.6 Å². The summed E-state index contributed by atoms with van der Waals surface area (Å²) < 4.78 is 1.75. The molecule has 0 amide bonds. The van der Waals surface area contributed by atoms with Crippen molar-refractivity contribution in [3.8, 4) is 5.69 Å². The number of nitrogens with one attached hydrogen (secondary N) is 1. The van der Waals surface area contributed by atoms with Gasteiger partial charge in [-0.1, -0.05) is 50.2 Å². The maximum atomic E-state index is 4.12. The first-order chi connectivity index (χ1) is 10.8. The molecule has 0 fully saturated rings. The van der Waals surface area contributed by atoms with E-state index in [-0.39, 0.29) is 0 Å². The van der Waals surface area contributed by atoms with Gasteiger partial charge in [-0.15, -0.1) is 5.10 Å². The molecule has 5 heteroatoms. The predicted octanol–water partition coefficient (Wildman–Crippen LogP) is 3.40. The van der Waals surface area contributed by atoms with Crippen LogP contribution in [0.1, 0.15) is 31.2 Å². The Morgan fingerprint density at radius 3 is 2.50 bits per heavy atom. The number of para-hydroxylation sites is 2. The number of tetrazole rings is 1. The molecule has 0 aliphatic rings. The number of rotatable bonds is 5. The molecule has 0 aliphatic heterocycles. The van der Waals surface area contributed by atoms with Gasteiger partial charge in [-0.3, -0.25) is 0 Å². The highest BCUT2D eigenvalue weighted by Crippen LogP contribution is 2.24. The standard InChI is InChI=1S/C17H19N5/c1-13(2)15-10-6-7-11-16(15)18-12-17-19-20-21-22(17)14-8-4-3-5-9-14/h3-11,13,18H,12H2,1-2H3. The van der Waals surface area contributed by atoms with Crippen LogP contribution in [0.4, 0.5) is 5.69 Å². The third-order valence-corrected chi connectivity index (χ3v) is 3.55. The molecule has 0 unspecified atom stereocenters. The summed E-state index contributed by atoms with van der Waals surface area (Å²) in [5.41, 5.74) is 3.38. The maximum Gasteiger partial charge on any atom is 0.175 e. The van der Waals surface area contributed by atoms with Gasteiger partial charge in [0, 0.05) is 5.69 Å². The number of hydrogen-bond acceptors (Lipinski definition) is 4. The Hall–Kier alpha value is -2.69. The Morgan fingerprint density at radius 1 is 1.00 bits per heavy atom. The summed E-state index contributed by atoms with van der Waals surface area (Å²) in [6.07, 6.45) is 0. The van der Waals surface area contributed by atoms with E-state index in [1.165, 1.54) is 5.56 Å². The van der Waals surface area contributed by atoms with E-state index in [2.05, 4.69) is 52.9 Å². The Kier molecular flexibility index (Phi) is 4.14. The summed E-state index contributed by atoms with van der Waals surface area (Å²) in [7, 11) is 0. The number of hydrogen-bond donors (Lipinski definition) is 1. The first kappa shape index (κ1) is 14.3. The second-order valence-electron chi connectivity index (χ2n) is 5.44. The minimum absolute atomic E-state index is 0.466. The lowest BCUT2D eigenvalue weighted by molar-refractivity contribution is 0.767. The zero-order valence-electron chi connectivity index (χ0n) is 12.8. The number of nitrogens with zero attached hydrogens (tertiary/aromatic N) is 4. The molecule has 0 radical (unpaired) electrons. The van der Waals surface area contributed by atoms with E-state index in [1.807, 2.05) is 36.4 Å². The summed E-state index contributed by atoms with van der Waals surface area (Å²) in [6, 6.07) is 18.2. The molecule has 3 rings (SSSR count). The molecule has 1 N–H and O–H groups in total. The average Bonchev–Trinajstić information content (AvgIpc) is 3.02. The van der Waals surface area contributed by atoms with Crippen LogP contribution in [0.25, 0.3) is 5.69 Å². The minimum Gasteiger partial charge on any atom is -0.377 e. The third-order valence-electron chi connectivity index (χ3n) is 3.55. The molecular formula is C17H19N5. The van der Waals surface area contributed by atoms with Crippen LogP contribution >= 0.6 is 0 Å². The lowest BCUT2D eigenvalue weighted by Gasteiger charge is -2.14. The average molecular weight is 293 g/mol. The molecule has 2 aromatic carbocycles. The van der Waals surface area contributed by atoms with Crippen molar-refractivity contribution in [2.24, 2.45) is 0 Å². The van der Waals surface area contributed by atoms with Crippen LogP contribution in [0, 0.1) is 0 Å². The fourth-order valence-corrected chi connectivity index (χ4v) is 2.42. The summed E-state index contributed by atoms with van der Waals surface area (Å²) in [6.45, 7) is 4.95. The lowest BCUT2D eigenvalue weighted by Crippen LogP contribution is -2.10. The van der Waals surface area contributed by atoms with Gasteiger partial charge in [0.05, 0.1) is 12.2 Å². The molecule has 0 atom stereocenters. The van der Waals surface area contributed by atoms with Gasteiger partial charge in [0.2, 0.25) is 0 Å². The lowest BCUT2D eigenvalue weighted by atomic mass is 10.0. The Morgan fingerprint density at radius 2 is 1.73 bits per heavy atom. The van der Waals surface area contributed by atoms with Crippen molar-refractivity contribution in [3.05, 3.63) is 66.0 Å². The van der Waals surface area contributed by atoms with Crippen LogP contribution in [0.2, 0.25) is 0 Å². The first-order valence-electron chi connectivity index (χ1n) is 7.41. The number of aromatic nitrogens is 4. The third kappa shape index (κ3) is 2.98. The largest absolute Gasteiger partial charge is 0.377 e. The summed E-state index contributed by atoms with van der Waals surface area (Å²) >= 11 is 0. The van der Waals surface area contributed by atoms with Gasteiger partial charge < -0.3 is 5.32 Å². The van der Waals surface area contributed by atoms with E-state index in [0.29, 0.717) is 12.5 Å². The van der Waals surface area contributed by atoms with Gasteiger partial charge in [-0.05, 0) is 40.1 Å². The molecule has 0 saturated carbocycles. The van der Waals surface area contributed by atoms with Gasteiger partial charge in [0.25, 0.3) is 0 Å². The van der Waals surface area contributed by atoms with Crippen molar-refractivity contribution < 1.29 is 0 Å². The normalized spacial score (nSPS) is 10.9. The van der Waals surface area contributed by atoms with Crippen molar-refractivity contribution >= 4 is 5.69 Å². The second-order valence-corrected chi connectivity index (χ2v) is 5.44. The van der Waals surface area contributed by atoms with Gasteiger partial charge >= 0.3 is 0 Å². The maximum absolute atomic E-state index is 4.12. The molecule has 0 bridgehead atoms. The van der Waals surface area contributed by atoms with Crippen LogP contribution in [0.3, 0.4) is 0 Å². The van der Waals surface area contributed by atoms with Crippen molar-refractivity contribution in [1.82, 2.24) is 20.2 Å². The smallest absolute Gasteiger partial charge is 0.175 e. The SMILES string of the molecule is CC(C)c1ccccc1NCc1nnnn1-c1ccccc1. The van der Waals surface area contributed by atoms with E-state index < -0.39 is 0 Å². The van der Waals surface area contributed by atoms with Crippen LogP contribution in [0.5, 0.6) is 0 Å². The summed E-state index contributed by atoms with van der Waals surface area (Å²) in [5.74, 6) is 1.25. The highest BCUT2D eigenvalue weighted by Gasteiger charge is 2.10. The quantitative estimate of drug-likeness (QED) is 0.783. The highest BCUT2D eigenvalue weighted by atomic mass is 15.5. The monoisotopic (exact) mass is 293 g/mol. The molecule has 0 aliphatic carbocycles. The molecule has 1 heterocycles. The summed E-state index contributed by atoms with van der Waals surface area (Å²) in [5, 5.41) is 15.4. The van der Waals surface area contributed by atoms with E-state index >= 15 is 0 Å². The molecule has 22 heavy (non-hydrogen) atoms. The van der Waals surface area contributed by atoms with Gasteiger partial charge in [-0.2, -0.15) is 4.68 Å². The number of anilines is 1. The van der Waals surface area contributed by atoms with Crippen molar-refractivity contribution in [1.29, 1.82) is 0 Å². The Bertz CT molecular complexity index is 734. The molecule has 5 nitrogen and oxygen atoms in total. The first-order valence-corrected chi connectivity index (χ1v) is 7.41. The highest BCUT2D eigenvalue weighted by molar-refractivity contribution is 5.52. The topological polar surface area (TPSA) is 55.6 Å². The fraction of sp³-hybridized carbons (Fsp3) is 0.235. The Balaban J connectivity index is 1.80. The fourth-order valence-electron chi connectivity index (χ4n) is 2.42. The molecule has 0 saturated heterocycles. The van der Waals surface area contributed by atoms with Crippen molar-refractivity contribution in [2.45, 2.75) is 26.3 Å². The predicted molar refractivity (Wildman–Crippen MR) is 87.0 cm³/mol. The number of benzene rings is 2. The van der Waals surface area contributed by atoms with E-state index in [0.717, 1.165) is 17.2 Å². The van der Waals surface area contributed by atoms with Gasteiger partial charge in [-0.25, -0.2) is 0 Å². The van der Waals surface area contributed by atoms with E-state index in [9.17, 15) is 0 Å². The molecule has 3 aromatic rings. The zero-order valence-corrected chi connectivity index (χ0v) is 12.8.